The van der Waals surface area contributed by atoms with Gasteiger partial charge >= 0.3 is 5.97 Å². The molecule has 88 valence electrons. The predicted octanol–water partition coefficient (Wildman–Crippen LogP) is 3.17. The summed E-state index contributed by atoms with van der Waals surface area (Å²) in [5.74, 6) is -0.308. The molecule has 0 spiro atoms. The zero-order valence-electron chi connectivity index (χ0n) is 9.99. The third-order valence-corrected chi connectivity index (χ3v) is 2.57. The SMILES string of the molecule is CCOC(=O)c1cc(C)c(-c2ccccc2)[nH]1. The first kappa shape index (κ1) is 11.5. The zero-order chi connectivity index (χ0) is 12.3. The molecule has 3 nitrogen and oxygen atoms in total. The highest BCUT2D eigenvalue weighted by Crippen LogP contribution is 2.23. The number of benzene rings is 1. The molecule has 0 aliphatic rings. The zero-order valence-corrected chi connectivity index (χ0v) is 9.99. The number of carbonyl (C=O) groups is 1. The van der Waals surface area contributed by atoms with Crippen LogP contribution in [0.4, 0.5) is 0 Å². The van der Waals surface area contributed by atoms with Gasteiger partial charge in [0.2, 0.25) is 0 Å². The quantitative estimate of drug-likeness (QED) is 0.821. The molecule has 2 rings (SSSR count). The van der Waals surface area contributed by atoms with Crippen molar-refractivity contribution in [3.8, 4) is 11.3 Å². The van der Waals surface area contributed by atoms with Crippen LogP contribution in [0.2, 0.25) is 0 Å². The highest BCUT2D eigenvalue weighted by Gasteiger charge is 2.12. The second kappa shape index (κ2) is 4.87. The molecular formula is C14H15NO2. The summed E-state index contributed by atoms with van der Waals surface area (Å²) in [6.45, 7) is 4.16. The molecule has 0 aliphatic carbocycles. The minimum absolute atomic E-state index is 0.308. The number of aromatic amines is 1. The maximum atomic E-state index is 11.6. The smallest absolute Gasteiger partial charge is 0.354 e. The summed E-state index contributed by atoms with van der Waals surface area (Å²) in [6, 6.07) is 11.7. The molecule has 17 heavy (non-hydrogen) atoms. The molecule has 0 saturated heterocycles. The van der Waals surface area contributed by atoms with Crippen molar-refractivity contribution in [1.29, 1.82) is 0 Å². The second-order valence-electron chi connectivity index (χ2n) is 3.83. The summed E-state index contributed by atoms with van der Waals surface area (Å²) in [4.78, 5) is 14.7. The molecule has 1 aromatic heterocycles. The van der Waals surface area contributed by atoms with Gasteiger partial charge in [0.25, 0.3) is 0 Å². The Labute approximate surface area is 100 Å². The molecule has 0 bridgehead atoms. The van der Waals surface area contributed by atoms with Crippen molar-refractivity contribution in [1.82, 2.24) is 4.98 Å². The van der Waals surface area contributed by atoms with E-state index >= 15 is 0 Å². The van der Waals surface area contributed by atoms with Crippen LogP contribution in [0.25, 0.3) is 11.3 Å². The van der Waals surface area contributed by atoms with Crippen LogP contribution in [0.1, 0.15) is 23.0 Å². The van der Waals surface area contributed by atoms with Crippen molar-refractivity contribution < 1.29 is 9.53 Å². The van der Waals surface area contributed by atoms with Crippen LogP contribution in [0.5, 0.6) is 0 Å². The van der Waals surface area contributed by atoms with Gasteiger partial charge in [-0.15, -0.1) is 0 Å². The lowest BCUT2D eigenvalue weighted by Crippen LogP contribution is -2.04. The Hall–Kier alpha value is -2.03. The highest BCUT2D eigenvalue weighted by molar-refractivity contribution is 5.89. The van der Waals surface area contributed by atoms with Crippen molar-refractivity contribution in [3.05, 3.63) is 47.7 Å². The lowest BCUT2D eigenvalue weighted by molar-refractivity contribution is 0.0520. The summed E-state index contributed by atoms with van der Waals surface area (Å²) in [6.07, 6.45) is 0. The highest BCUT2D eigenvalue weighted by atomic mass is 16.5. The number of carbonyl (C=O) groups excluding carboxylic acids is 1. The van der Waals surface area contributed by atoms with E-state index < -0.39 is 0 Å². The van der Waals surface area contributed by atoms with Gasteiger partial charge in [-0.3, -0.25) is 0 Å². The minimum Gasteiger partial charge on any atom is -0.461 e. The maximum absolute atomic E-state index is 11.6. The van der Waals surface area contributed by atoms with E-state index in [1.165, 1.54) is 0 Å². The van der Waals surface area contributed by atoms with Crippen LogP contribution in [-0.4, -0.2) is 17.6 Å². The number of H-pyrrole nitrogens is 1. The largest absolute Gasteiger partial charge is 0.461 e. The number of aromatic nitrogens is 1. The predicted molar refractivity (Wildman–Crippen MR) is 66.9 cm³/mol. The molecule has 1 N–H and O–H groups in total. The van der Waals surface area contributed by atoms with Gasteiger partial charge in [0.15, 0.2) is 0 Å². The Morgan fingerprint density at radius 2 is 2.00 bits per heavy atom. The third kappa shape index (κ3) is 2.38. The van der Waals surface area contributed by atoms with Crippen LogP contribution < -0.4 is 0 Å². The van der Waals surface area contributed by atoms with Crippen LogP contribution in [-0.2, 0) is 4.74 Å². The average Bonchev–Trinajstić information content (AvgIpc) is 2.73. The third-order valence-electron chi connectivity index (χ3n) is 2.57. The monoisotopic (exact) mass is 229 g/mol. The van der Waals surface area contributed by atoms with E-state index in [2.05, 4.69) is 4.98 Å². The van der Waals surface area contributed by atoms with Crippen LogP contribution in [0.15, 0.2) is 36.4 Å². The lowest BCUT2D eigenvalue weighted by Gasteiger charge is -2.00. The normalized spacial score (nSPS) is 10.2. The summed E-state index contributed by atoms with van der Waals surface area (Å²) in [5, 5.41) is 0. The van der Waals surface area contributed by atoms with Crippen molar-refractivity contribution >= 4 is 5.97 Å². The first-order chi connectivity index (χ1) is 8.22. The standard InChI is InChI=1S/C14H15NO2/c1-3-17-14(16)12-9-10(2)13(15-12)11-7-5-4-6-8-11/h4-9,15H,3H2,1-2H3. The Morgan fingerprint density at radius 1 is 1.29 bits per heavy atom. The van der Waals surface area contributed by atoms with Gasteiger partial charge in [0.05, 0.1) is 6.61 Å². The van der Waals surface area contributed by atoms with E-state index in [4.69, 9.17) is 4.74 Å². The first-order valence-corrected chi connectivity index (χ1v) is 5.64. The Kier molecular flexibility index (Phi) is 3.28. The Bertz CT molecular complexity index is 514. The van der Waals surface area contributed by atoms with Gasteiger partial charge in [0.1, 0.15) is 5.69 Å². The summed E-state index contributed by atoms with van der Waals surface area (Å²) >= 11 is 0. The van der Waals surface area contributed by atoms with Crippen LogP contribution >= 0.6 is 0 Å². The molecule has 1 heterocycles. The molecule has 1 aromatic carbocycles. The summed E-state index contributed by atoms with van der Waals surface area (Å²) in [5.41, 5.74) is 3.58. The van der Waals surface area contributed by atoms with Gasteiger partial charge in [-0.1, -0.05) is 30.3 Å². The van der Waals surface area contributed by atoms with E-state index in [-0.39, 0.29) is 5.97 Å². The van der Waals surface area contributed by atoms with Crippen molar-refractivity contribution in [3.63, 3.8) is 0 Å². The van der Waals surface area contributed by atoms with Gasteiger partial charge in [-0.2, -0.15) is 0 Å². The first-order valence-electron chi connectivity index (χ1n) is 5.64. The molecular weight excluding hydrogens is 214 g/mol. The molecule has 0 atom stereocenters. The fourth-order valence-electron chi connectivity index (χ4n) is 1.78. The van der Waals surface area contributed by atoms with Crippen LogP contribution in [0, 0.1) is 6.92 Å². The topological polar surface area (TPSA) is 42.1 Å². The second-order valence-corrected chi connectivity index (χ2v) is 3.83. The average molecular weight is 229 g/mol. The molecule has 0 radical (unpaired) electrons. The van der Waals surface area contributed by atoms with Crippen molar-refractivity contribution in [2.45, 2.75) is 13.8 Å². The molecule has 3 heteroatoms. The fourth-order valence-corrected chi connectivity index (χ4v) is 1.78. The van der Waals surface area contributed by atoms with Crippen molar-refractivity contribution in [2.75, 3.05) is 6.61 Å². The Balaban J connectivity index is 2.35. The van der Waals surface area contributed by atoms with Gasteiger partial charge < -0.3 is 9.72 Å². The van der Waals surface area contributed by atoms with Gasteiger partial charge in [0, 0.05) is 5.69 Å². The molecule has 0 aliphatic heterocycles. The summed E-state index contributed by atoms with van der Waals surface area (Å²) in [7, 11) is 0. The number of esters is 1. The number of nitrogens with one attached hydrogen (secondary N) is 1. The van der Waals surface area contributed by atoms with Crippen LogP contribution in [0.3, 0.4) is 0 Å². The molecule has 0 amide bonds. The minimum atomic E-state index is -0.308. The summed E-state index contributed by atoms with van der Waals surface area (Å²) < 4.78 is 4.96. The number of hydrogen-bond acceptors (Lipinski definition) is 2. The Morgan fingerprint density at radius 3 is 2.65 bits per heavy atom. The number of rotatable bonds is 3. The lowest BCUT2D eigenvalue weighted by atomic mass is 10.1. The van der Waals surface area contributed by atoms with E-state index in [1.54, 1.807) is 6.92 Å². The number of aryl methyl sites for hydroxylation is 1. The van der Waals surface area contributed by atoms with E-state index in [9.17, 15) is 4.79 Å². The van der Waals surface area contributed by atoms with E-state index in [1.807, 2.05) is 43.3 Å². The maximum Gasteiger partial charge on any atom is 0.354 e. The number of ether oxygens (including phenoxy) is 1. The van der Waals surface area contributed by atoms with Gasteiger partial charge in [-0.25, -0.2) is 4.79 Å². The molecule has 0 unspecified atom stereocenters. The fraction of sp³-hybridized carbons (Fsp3) is 0.214. The van der Waals surface area contributed by atoms with Crippen molar-refractivity contribution in [2.24, 2.45) is 0 Å². The molecule has 0 fully saturated rings. The molecule has 0 saturated carbocycles. The molecule has 2 aromatic rings. The van der Waals surface area contributed by atoms with Gasteiger partial charge in [-0.05, 0) is 31.0 Å². The number of hydrogen-bond donors (Lipinski definition) is 1. The van der Waals surface area contributed by atoms with E-state index in [0.29, 0.717) is 12.3 Å². The van der Waals surface area contributed by atoms with E-state index in [0.717, 1.165) is 16.8 Å².